The molecule has 0 atom stereocenters. The average molecular weight is 497 g/mol. The van der Waals surface area contributed by atoms with Crippen LogP contribution in [0, 0.1) is 6.92 Å². The number of rotatable bonds is 5. The zero-order valence-electron chi connectivity index (χ0n) is 16.6. The smallest absolute Gasteiger partial charge is 0.279 e. The largest absolute Gasteiger partial charge is 0.326 e. The van der Waals surface area contributed by atoms with Gasteiger partial charge in [0.1, 0.15) is 0 Å². The van der Waals surface area contributed by atoms with Crippen LogP contribution in [0.5, 0.6) is 0 Å². The quantitative estimate of drug-likeness (QED) is 0.417. The van der Waals surface area contributed by atoms with Crippen molar-refractivity contribution in [1.29, 1.82) is 0 Å². The Morgan fingerprint density at radius 1 is 1.10 bits per heavy atom. The van der Waals surface area contributed by atoms with Crippen LogP contribution in [0.25, 0.3) is 16.9 Å². The molecule has 4 rings (SSSR count). The van der Waals surface area contributed by atoms with Gasteiger partial charge in [0.05, 0.1) is 17.1 Å². The summed E-state index contributed by atoms with van der Waals surface area (Å²) in [7, 11) is 0. The number of amides is 2. The van der Waals surface area contributed by atoms with Crippen LogP contribution in [0.2, 0.25) is 0 Å². The van der Waals surface area contributed by atoms with Gasteiger partial charge in [0.25, 0.3) is 5.91 Å². The molecule has 2 aromatic heterocycles. The number of halogens is 1. The summed E-state index contributed by atoms with van der Waals surface area (Å²) >= 11 is 4.75. The van der Waals surface area contributed by atoms with E-state index in [1.807, 2.05) is 41.8 Å². The molecule has 2 N–H and O–H groups in total. The van der Waals surface area contributed by atoms with Crippen molar-refractivity contribution in [1.82, 2.24) is 20.0 Å². The Balaban J connectivity index is 1.49. The molecular weight excluding hydrogens is 480 g/mol. The molecule has 0 aliphatic carbocycles. The van der Waals surface area contributed by atoms with E-state index in [1.165, 1.54) is 18.3 Å². The Kier molecular flexibility index (Phi) is 5.92. The summed E-state index contributed by atoms with van der Waals surface area (Å²) < 4.78 is 2.52. The Morgan fingerprint density at radius 3 is 2.58 bits per heavy atom. The van der Waals surface area contributed by atoms with E-state index in [2.05, 4.69) is 41.9 Å². The van der Waals surface area contributed by atoms with Crippen molar-refractivity contribution in [2.75, 3.05) is 10.6 Å². The first-order valence-corrected chi connectivity index (χ1v) is 10.9. The van der Waals surface area contributed by atoms with E-state index in [-0.39, 0.29) is 17.5 Å². The van der Waals surface area contributed by atoms with Crippen molar-refractivity contribution in [2.45, 2.75) is 13.8 Å². The lowest BCUT2D eigenvalue weighted by atomic mass is 10.1. The number of benzene rings is 2. The summed E-state index contributed by atoms with van der Waals surface area (Å²) in [5.41, 5.74) is 3.98. The Labute approximate surface area is 190 Å². The zero-order valence-corrected chi connectivity index (χ0v) is 19.0. The van der Waals surface area contributed by atoms with Crippen molar-refractivity contribution >= 4 is 49.9 Å². The van der Waals surface area contributed by atoms with E-state index in [0.29, 0.717) is 16.5 Å². The van der Waals surface area contributed by atoms with Gasteiger partial charge < -0.3 is 5.32 Å². The standard InChI is InChI=1S/C21H17BrN6O2S/c1-12-19(26-27-28(12)17-5-3-4-15(22)10-17)20(30)25-21-24-18(11-31-21)14-6-8-16(9-7-14)23-13(2)29/h3-11H,1-2H3,(H,23,29)(H,24,25,30). The number of hydrogen-bond acceptors (Lipinski definition) is 6. The lowest BCUT2D eigenvalue weighted by molar-refractivity contribution is -0.114. The van der Waals surface area contributed by atoms with Crippen molar-refractivity contribution < 1.29 is 9.59 Å². The predicted molar refractivity (Wildman–Crippen MR) is 124 cm³/mol. The topological polar surface area (TPSA) is 102 Å². The molecule has 2 heterocycles. The van der Waals surface area contributed by atoms with E-state index in [1.54, 1.807) is 23.7 Å². The first kappa shape index (κ1) is 20.9. The van der Waals surface area contributed by atoms with Gasteiger partial charge in [-0.2, -0.15) is 0 Å². The summed E-state index contributed by atoms with van der Waals surface area (Å²) in [4.78, 5) is 28.3. The molecule has 8 nitrogen and oxygen atoms in total. The van der Waals surface area contributed by atoms with Crippen molar-refractivity contribution in [3.8, 4) is 16.9 Å². The minimum absolute atomic E-state index is 0.126. The number of hydrogen-bond donors (Lipinski definition) is 2. The molecule has 156 valence electrons. The first-order chi connectivity index (χ1) is 14.9. The van der Waals surface area contributed by atoms with Crippen molar-refractivity contribution in [2.24, 2.45) is 0 Å². The number of nitrogens with zero attached hydrogens (tertiary/aromatic N) is 4. The maximum Gasteiger partial charge on any atom is 0.279 e. The number of thiazole rings is 1. The summed E-state index contributed by atoms with van der Waals surface area (Å²) in [5.74, 6) is -0.501. The average Bonchev–Trinajstić information content (AvgIpc) is 3.35. The van der Waals surface area contributed by atoms with Crippen LogP contribution in [-0.4, -0.2) is 31.8 Å². The SMILES string of the molecule is CC(=O)Nc1ccc(-c2csc(NC(=O)c3nnn(-c4cccc(Br)c4)c3C)n2)cc1. The van der Waals surface area contributed by atoms with Crippen LogP contribution in [0.1, 0.15) is 23.1 Å². The van der Waals surface area contributed by atoms with Gasteiger partial charge in [-0.1, -0.05) is 39.3 Å². The minimum Gasteiger partial charge on any atom is -0.326 e. The fourth-order valence-electron chi connectivity index (χ4n) is 2.94. The third-order valence-electron chi connectivity index (χ3n) is 4.39. The molecule has 0 aliphatic heterocycles. The van der Waals surface area contributed by atoms with Crippen molar-refractivity contribution in [3.63, 3.8) is 0 Å². The second-order valence-electron chi connectivity index (χ2n) is 6.67. The Hall–Kier alpha value is -3.37. The van der Waals surface area contributed by atoms with Crippen LogP contribution in [0.4, 0.5) is 10.8 Å². The molecular formula is C21H17BrN6O2S. The molecule has 0 radical (unpaired) electrons. The van der Waals surface area contributed by atoms with E-state index in [4.69, 9.17) is 0 Å². The molecule has 2 amide bonds. The van der Waals surface area contributed by atoms with Crippen LogP contribution >= 0.6 is 27.3 Å². The van der Waals surface area contributed by atoms with E-state index in [9.17, 15) is 9.59 Å². The monoisotopic (exact) mass is 496 g/mol. The van der Waals surface area contributed by atoms with Gasteiger partial charge in [0, 0.05) is 28.0 Å². The Morgan fingerprint density at radius 2 is 1.87 bits per heavy atom. The number of nitrogens with one attached hydrogen (secondary N) is 2. The molecule has 0 aliphatic rings. The predicted octanol–water partition coefficient (Wildman–Crippen LogP) is 4.67. The third kappa shape index (κ3) is 4.70. The maximum absolute atomic E-state index is 12.7. The molecule has 31 heavy (non-hydrogen) atoms. The highest BCUT2D eigenvalue weighted by molar-refractivity contribution is 9.10. The summed E-state index contributed by atoms with van der Waals surface area (Å²) in [6.07, 6.45) is 0. The number of carbonyl (C=O) groups is 2. The van der Waals surface area contributed by atoms with Gasteiger partial charge in [0.2, 0.25) is 5.91 Å². The van der Waals surface area contributed by atoms with E-state index < -0.39 is 0 Å². The summed E-state index contributed by atoms with van der Waals surface area (Å²) in [6, 6.07) is 14.9. The first-order valence-electron chi connectivity index (χ1n) is 9.24. The van der Waals surface area contributed by atoms with E-state index in [0.717, 1.165) is 21.4 Å². The highest BCUT2D eigenvalue weighted by Crippen LogP contribution is 2.26. The lowest BCUT2D eigenvalue weighted by Crippen LogP contribution is -2.14. The van der Waals surface area contributed by atoms with Crippen molar-refractivity contribution in [3.05, 3.63) is 69.8 Å². The summed E-state index contributed by atoms with van der Waals surface area (Å²) in [6.45, 7) is 3.25. The number of aromatic nitrogens is 4. The highest BCUT2D eigenvalue weighted by Gasteiger charge is 2.19. The molecule has 0 spiro atoms. The number of anilines is 2. The van der Waals surface area contributed by atoms with Crippen LogP contribution in [0.3, 0.4) is 0 Å². The summed E-state index contributed by atoms with van der Waals surface area (Å²) in [5, 5.41) is 16.0. The van der Waals surface area contributed by atoms with Gasteiger partial charge >= 0.3 is 0 Å². The van der Waals surface area contributed by atoms with Gasteiger partial charge in [-0.25, -0.2) is 9.67 Å². The molecule has 0 bridgehead atoms. The zero-order chi connectivity index (χ0) is 22.0. The van der Waals surface area contributed by atoms with Crippen LogP contribution < -0.4 is 10.6 Å². The molecule has 2 aromatic carbocycles. The van der Waals surface area contributed by atoms with Gasteiger partial charge in [-0.3, -0.25) is 14.9 Å². The van der Waals surface area contributed by atoms with Crippen LogP contribution in [-0.2, 0) is 4.79 Å². The third-order valence-corrected chi connectivity index (χ3v) is 5.64. The van der Waals surface area contributed by atoms with Gasteiger partial charge in [-0.05, 0) is 37.3 Å². The Bertz CT molecular complexity index is 1270. The molecule has 10 heteroatoms. The van der Waals surface area contributed by atoms with Crippen LogP contribution in [0.15, 0.2) is 58.4 Å². The minimum atomic E-state index is -0.374. The van der Waals surface area contributed by atoms with Gasteiger partial charge in [-0.15, -0.1) is 16.4 Å². The normalized spacial score (nSPS) is 10.7. The fourth-order valence-corrected chi connectivity index (χ4v) is 4.04. The lowest BCUT2D eigenvalue weighted by Gasteiger charge is -2.04. The molecule has 0 fully saturated rings. The number of carbonyl (C=O) groups excluding carboxylic acids is 2. The molecule has 0 saturated heterocycles. The maximum atomic E-state index is 12.7. The molecule has 4 aromatic rings. The molecule has 0 saturated carbocycles. The van der Waals surface area contributed by atoms with Gasteiger partial charge in [0.15, 0.2) is 10.8 Å². The second-order valence-corrected chi connectivity index (χ2v) is 8.44. The molecule has 0 unspecified atom stereocenters. The second kappa shape index (κ2) is 8.78. The highest BCUT2D eigenvalue weighted by atomic mass is 79.9. The van der Waals surface area contributed by atoms with E-state index >= 15 is 0 Å². The fraction of sp³-hybridized carbons (Fsp3) is 0.0952.